The highest BCUT2D eigenvalue weighted by Crippen LogP contribution is 2.33. The van der Waals surface area contributed by atoms with Crippen LogP contribution in [-0.4, -0.2) is 37.1 Å². The molecule has 2 nitrogen and oxygen atoms in total. The summed E-state index contributed by atoms with van der Waals surface area (Å²) in [6.07, 6.45) is 6.74. The van der Waals surface area contributed by atoms with Gasteiger partial charge in [0.1, 0.15) is 0 Å². The number of hydrogen-bond donors (Lipinski definition) is 1. The Balaban J connectivity index is 2.52. The van der Waals surface area contributed by atoms with Crippen molar-refractivity contribution in [1.29, 1.82) is 0 Å². The van der Waals surface area contributed by atoms with Gasteiger partial charge in [0.25, 0.3) is 0 Å². The molecule has 1 rings (SSSR count). The molecular formula is C17H36N2. The first kappa shape index (κ1) is 17.0. The second-order valence-corrected chi connectivity index (χ2v) is 6.93. The lowest BCUT2D eigenvalue weighted by Crippen LogP contribution is -2.45. The standard InChI is InChI=1S/C17H36N2/c1-6-11-19(16-9-10-16)14-17(7-2,8-3)13-18-12-15(4)5/h15-16,18H,6-14H2,1-5H3. The molecule has 0 aromatic heterocycles. The molecule has 1 saturated carbocycles. The third kappa shape index (κ3) is 5.83. The van der Waals surface area contributed by atoms with Crippen LogP contribution >= 0.6 is 0 Å². The predicted molar refractivity (Wildman–Crippen MR) is 85.6 cm³/mol. The van der Waals surface area contributed by atoms with E-state index in [4.69, 9.17) is 0 Å². The molecule has 0 atom stereocenters. The Labute approximate surface area is 121 Å². The van der Waals surface area contributed by atoms with Crippen LogP contribution in [0.25, 0.3) is 0 Å². The van der Waals surface area contributed by atoms with Crippen LogP contribution in [0.3, 0.4) is 0 Å². The van der Waals surface area contributed by atoms with Crippen LogP contribution in [0, 0.1) is 11.3 Å². The molecule has 0 aromatic rings. The van der Waals surface area contributed by atoms with Crippen molar-refractivity contribution in [1.82, 2.24) is 10.2 Å². The van der Waals surface area contributed by atoms with Gasteiger partial charge < -0.3 is 5.32 Å². The van der Waals surface area contributed by atoms with Gasteiger partial charge in [-0.25, -0.2) is 0 Å². The molecule has 0 saturated heterocycles. The predicted octanol–water partition coefficient (Wildman–Crippen LogP) is 3.91. The fourth-order valence-electron chi connectivity index (χ4n) is 2.95. The third-order valence-corrected chi connectivity index (χ3v) is 4.67. The van der Waals surface area contributed by atoms with E-state index >= 15 is 0 Å². The number of hydrogen-bond acceptors (Lipinski definition) is 2. The molecule has 0 heterocycles. The van der Waals surface area contributed by atoms with Gasteiger partial charge in [-0.05, 0) is 56.5 Å². The zero-order chi connectivity index (χ0) is 14.3. The van der Waals surface area contributed by atoms with Crippen LogP contribution in [-0.2, 0) is 0 Å². The zero-order valence-corrected chi connectivity index (χ0v) is 14.0. The van der Waals surface area contributed by atoms with Crippen molar-refractivity contribution < 1.29 is 0 Å². The summed E-state index contributed by atoms with van der Waals surface area (Å²) in [5.41, 5.74) is 0.479. The normalized spacial score (nSPS) is 16.6. The van der Waals surface area contributed by atoms with Gasteiger partial charge in [-0.3, -0.25) is 4.90 Å². The third-order valence-electron chi connectivity index (χ3n) is 4.67. The lowest BCUT2D eigenvalue weighted by molar-refractivity contribution is 0.127. The van der Waals surface area contributed by atoms with E-state index in [1.54, 1.807) is 0 Å². The van der Waals surface area contributed by atoms with E-state index in [1.807, 2.05) is 0 Å². The van der Waals surface area contributed by atoms with Crippen LogP contribution in [0.5, 0.6) is 0 Å². The van der Waals surface area contributed by atoms with Gasteiger partial charge in [0, 0.05) is 19.1 Å². The van der Waals surface area contributed by atoms with E-state index in [0.29, 0.717) is 5.41 Å². The first-order valence-corrected chi connectivity index (χ1v) is 8.51. The van der Waals surface area contributed by atoms with Crippen molar-refractivity contribution in [2.24, 2.45) is 11.3 Å². The number of rotatable bonds is 11. The van der Waals surface area contributed by atoms with Gasteiger partial charge in [-0.2, -0.15) is 0 Å². The molecule has 1 aliphatic rings. The Morgan fingerprint density at radius 1 is 1.16 bits per heavy atom. The Bertz CT molecular complexity index is 229. The van der Waals surface area contributed by atoms with Crippen molar-refractivity contribution >= 4 is 0 Å². The van der Waals surface area contributed by atoms with Crippen molar-refractivity contribution in [3.63, 3.8) is 0 Å². The summed E-state index contributed by atoms with van der Waals surface area (Å²) < 4.78 is 0. The van der Waals surface area contributed by atoms with Gasteiger partial charge in [0.05, 0.1) is 0 Å². The minimum absolute atomic E-state index is 0.479. The van der Waals surface area contributed by atoms with Gasteiger partial charge in [0.15, 0.2) is 0 Å². The smallest absolute Gasteiger partial charge is 0.00966 e. The second kappa shape index (κ2) is 8.26. The van der Waals surface area contributed by atoms with Crippen molar-refractivity contribution in [2.45, 2.75) is 72.8 Å². The Kier molecular flexibility index (Phi) is 7.38. The summed E-state index contributed by atoms with van der Waals surface area (Å²) in [6, 6.07) is 0.905. The van der Waals surface area contributed by atoms with Crippen LogP contribution in [0.1, 0.15) is 66.7 Å². The maximum atomic E-state index is 3.71. The van der Waals surface area contributed by atoms with Crippen LogP contribution < -0.4 is 5.32 Å². The average Bonchev–Trinajstić information content (AvgIpc) is 3.20. The monoisotopic (exact) mass is 268 g/mol. The largest absolute Gasteiger partial charge is 0.316 e. The van der Waals surface area contributed by atoms with Crippen LogP contribution in [0.15, 0.2) is 0 Å². The van der Waals surface area contributed by atoms with Crippen molar-refractivity contribution in [2.75, 3.05) is 26.2 Å². The van der Waals surface area contributed by atoms with E-state index in [2.05, 4.69) is 44.8 Å². The lowest BCUT2D eigenvalue weighted by atomic mass is 9.81. The molecule has 19 heavy (non-hydrogen) atoms. The molecule has 1 fully saturated rings. The minimum atomic E-state index is 0.479. The minimum Gasteiger partial charge on any atom is -0.316 e. The number of nitrogens with zero attached hydrogens (tertiary/aromatic N) is 1. The van der Waals surface area contributed by atoms with Gasteiger partial charge >= 0.3 is 0 Å². The quantitative estimate of drug-likeness (QED) is 0.611. The molecule has 0 amide bonds. The van der Waals surface area contributed by atoms with E-state index in [1.165, 1.54) is 51.7 Å². The molecule has 0 aliphatic heterocycles. The summed E-state index contributed by atoms with van der Waals surface area (Å²) in [5.74, 6) is 0.751. The number of nitrogens with one attached hydrogen (secondary N) is 1. The summed E-state index contributed by atoms with van der Waals surface area (Å²) in [6.45, 7) is 16.6. The molecule has 0 aromatic carbocycles. The Morgan fingerprint density at radius 2 is 1.79 bits per heavy atom. The second-order valence-electron chi connectivity index (χ2n) is 6.93. The molecule has 0 unspecified atom stereocenters. The van der Waals surface area contributed by atoms with E-state index < -0.39 is 0 Å². The summed E-state index contributed by atoms with van der Waals surface area (Å²) in [7, 11) is 0. The maximum absolute atomic E-state index is 3.71. The summed E-state index contributed by atoms with van der Waals surface area (Å²) in [4.78, 5) is 2.77. The highest BCUT2D eigenvalue weighted by molar-refractivity contribution is 4.90. The summed E-state index contributed by atoms with van der Waals surface area (Å²) in [5, 5.41) is 3.71. The lowest BCUT2D eigenvalue weighted by Gasteiger charge is -2.38. The van der Waals surface area contributed by atoms with E-state index in [0.717, 1.165) is 18.5 Å². The topological polar surface area (TPSA) is 15.3 Å². The zero-order valence-electron chi connectivity index (χ0n) is 14.0. The Hall–Kier alpha value is -0.0800. The molecular weight excluding hydrogens is 232 g/mol. The fraction of sp³-hybridized carbons (Fsp3) is 1.00. The first-order valence-electron chi connectivity index (χ1n) is 8.51. The molecule has 0 bridgehead atoms. The molecule has 1 aliphatic carbocycles. The van der Waals surface area contributed by atoms with Crippen molar-refractivity contribution in [3.8, 4) is 0 Å². The summed E-state index contributed by atoms with van der Waals surface area (Å²) >= 11 is 0. The molecule has 1 N–H and O–H groups in total. The maximum Gasteiger partial charge on any atom is 0.00966 e. The fourth-order valence-corrected chi connectivity index (χ4v) is 2.95. The molecule has 114 valence electrons. The van der Waals surface area contributed by atoms with Crippen LogP contribution in [0.2, 0.25) is 0 Å². The van der Waals surface area contributed by atoms with Gasteiger partial charge in [-0.1, -0.05) is 34.6 Å². The average molecular weight is 268 g/mol. The van der Waals surface area contributed by atoms with Gasteiger partial charge in [-0.15, -0.1) is 0 Å². The van der Waals surface area contributed by atoms with Crippen LogP contribution in [0.4, 0.5) is 0 Å². The SMILES string of the molecule is CCCN(CC(CC)(CC)CNCC(C)C)C1CC1. The highest BCUT2D eigenvalue weighted by Gasteiger charge is 2.35. The first-order chi connectivity index (χ1) is 9.06. The van der Waals surface area contributed by atoms with E-state index in [-0.39, 0.29) is 0 Å². The van der Waals surface area contributed by atoms with E-state index in [9.17, 15) is 0 Å². The Morgan fingerprint density at radius 3 is 2.21 bits per heavy atom. The highest BCUT2D eigenvalue weighted by atomic mass is 15.2. The van der Waals surface area contributed by atoms with Gasteiger partial charge in [0.2, 0.25) is 0 Å². The van der Waals surface area contributed by atoms with Crippen molar-refractivity contribution in [3.05, 3.63) is 0 Å². The molecule has 2 heteroatoms. The molecule has 0 spiro atoms. The molecule has 0 radical (unpaired) electrons.